The number of halogens is 1. The normalized spacial score (nSPS) is 9.10. The van der Waals surface area contributed by atoms with Crippen molar-refractivity contribution in [2.45, 2.75) is 0 Å². The predicted molar refractivity (Wildman–Crippen MR) is 38.9 cm³/mol. The maximum atomic E-state index is 10.8. The summed E-state index contributed by atoms with van der Waals surface area (Å²) in [6.45, 7) is 0.452. The second-order valence-electron chi connectivity index (χ2n) is 1.60. The molecule has 0 spiro atoms. The monoisotopic (exact) mass is 166 g/mol. The van der Waals surface area contributed by atoms with Crippen LogP contribution in [0.4, 0.5) is 4.79 Å². The zero-order chi connectivity index (χ0) is 7.98. The smallest absolute Gasteiger partial charge is 0.335 e. The fourth-order valence-electron chi connectivity index (χ4n) is 0.348. The zero-order valence-electron chi connectivity index (χ0n) is 6.06. The van der Waals surface area contributed by atoms with Gasteiger partial charge in [0.2, 0.25) is 0 Å². The molecular weight excluding hydrogens is 156 g/mol. The summed E-state index contributed by atoms with van der Waals surface area (Å²) >= 11 is 5.32. The lowest BCUT2D eigenvalue weighted by Gasteiger charge is -2.13. The van der Waals surface area contributed by atoms with Gasteiger partial charge in [-0.15, -0.1) is 11.6 Å². The highest BCUT2D eigenvalue weighted by molar-refractivity contribution is 6.18. The molecule has 0 radical (unpaired) electrons. The van der Waals surface area contributed by atoms with E-state index in [1.165, 1.54) is 14.2 Å². The third-order valence-corrected chi connectivity index (χ3v) is 1.12. The third kappa shape index (κ3) is 3.53. The van der Waals surface area contributed by atoms with Crippen LogP contribution < -0.4 is 5.32 Å². The molecule has 0 unspecified atom stereocenters. The van der Waals surface area contributed by atoms with E-state index >= 15 is 0 Å². The molecule has 0 saturated carbocycles. The lowest BCUT2D eigenvalue weighted by Crippen LogP contribution is -2.37. The maximum absolute atomic E-state index is 10.8. The third-order valence-electron chi connectivity index (χ3n) is 0.931. The summed E-state index contributed by atoms with van der Waals surface area (Å²) in [5, 5.41) is 3.60. The molecule has 0 aliphatic rings. The number of hydrogen-bond acceptors (Lipinski definition) is 2. The van der Waals surface area contributed by atoms with E-state index in [4.69, 9.17) is 11.6 Å². The van der Waals surface area contributed by atoms with Crippen molar-refractivity contribution < 1.29 is 9.63 Å². The number of hydroxylamine groups is 2. The first-order valence-electron chi connectivity index (χ1n) is 2.84. The van der Waals surface area contributed by atoms with Crippen LogP contribution in [-0.4, -0.2) is 37.7 Å². The number of carbonyl (C=O) groups is 1. The fraction of sp³-hybridized carbons (Fsp3) is 0.800. The summed E-state index contributed by atoms with van der Waals surface area (Å²) in [5.41, 5.74) is 0. The van der Waals surface area contributed by atoms with Gasteiger partial charge in [-0.3, -0.25) is 4.84 Å². The van der Waals surface area contributed by atoms with E-state index in [1.807, 2.05) is 0 Å². The second-order valence-corrected chi connectivity index (χ2v) is 1.98. The van der Waals surface area contributed by atoms with Crippen LogP contribution in [0.2, 0.25) is 0 Å². The lowest BCUT2D eigenvalue weighted by molar-refractivity contribution is -0.0645. The highest BCUT2D eigenvalue weighted by Gasteiger charge is 2.03. The van der Waals surface area contributed by atoms with Crippen molar-refractivity contribution in [1.29, 1.82) is 0 Å². The molecule has 0 fully saturated rings. The summed E-state index contributed by atoms with van der Waals surface area (Å²) in [6, 6.07) is -0.289. The molecule has 5 heteroatoms. The van der Waals surface area contributed by atoms with E-state index < -0.39 is 0 Å². The number of nitrogens with one attached hydrogen (secondary N) is 1. The summed E-state index contributed by atoms with van der Waals surface area (Å²) in [5.74, 6) is 0.406. The van der Waals surface area contributed by atoms with Gasteiger partial charge in [0.1, 0.15) is 0 Å². The summed E-state index contributed by atoms with van der Waals surface area (Å²) < 4.78 is 0. The Balaban J connectivity index is 3.42. The molecule has 2 amide bonds. The largest absolute Gasteiger partial charge is 0.341 e. The molecule has 0 atom stereocenters. The first kappa shape index (κ1) is 9.52. The Bertz CT molecular complexity index is 110. The number of rotatable bonds is 3. The van der Waals surface area contributed by atoms with Gasteiger partial charge in [-0.1, -0.05) is 0 Å². The molecule has 4 nitrogen and oxygen atoms in total. The minimum atomic E-state index is -0.289. The van der Waals surface area contributed by atoms with Crippen LogP contribution in [0.5, 0.6) is 0 Å². The first-order valence-corrected chi connectivity index (χ1v) is 3.37. The number of nitrogens with zero attached hydrogens (tertiary/aromatic N) is 1. The lowest BCUT2D eigenvalue weighted by atomic mass is 10.7. The summed E-state index contributed by atoms with van der Waals surface area (Å²) in [6.07, 6.45) is 0. The molecule has 0 aromatic heterocycles. The zero-order valence-corrected chi connectivity index (χ0v) is 6.81. The molecule has 0 aliphatic carbocycles. The number of alkyl halides is 1. The van der Waals surface area contributed by atoms with Gasteiger partial charge in [0, 0.05) is 19.5 Å². The van der Waals surface area contributed by atoms with Gasteiger partial charge in [-0.2, -0.15) is 0 Å². The average molecular weight is 167 g/mol. The van der Waals surface area contributed by atoms with Gasteiger partial charge < -0.3 is 5.32 Å². The molecule has 0 bridgehead atoms. The second kappa shape index (κ2) is 5.32. The van der Waals surface area contributed by atoms with Gasteiger partial charge in [-0.25, -0.2) is 9.86 Å². The van der Waals surface area contributed by atoms with Crippen LogP contribution in [0.1, 0.15) is 0 Å². The molecule has 0 aromatic rings. The minimum absolute atomic E-state index is 0.289. The topological polar surface area (TPSA) is 41.6 Å². The quantitative estimate of drug-likeness (QED) is 0.488. The number of hydrogen-bond donors (Lipinski definition) is 1. The van der Waals surface area contributed by atoms with E-state index in [0.29, 0.717) is 12.4 Å². The molecule has 1 N–H and O–H groups in total. The Hall–Kier alpha value is -0.480. The van der Waals surface area contributed by atoms with E-state index in [0.717, 1.165) is 5.06 Å². The maximum Gasteiger partial charge on any atom is 0.341 e. The average Bonchev–Trinajstić information content (AvgIpc) is 1.98. The minimum Gasteiger partial charge on any atom is -0.335 e. The molecule has 0 aliphatic heterocycles. The Morgan fingerprint density at radius 1 is 1.80 bits per heavy atom. The van der Waals surface area contributed by atoms with Gasteiger partial charge in [0.25, 0.3) is 0 Å². The van der Waals surface area contributed by atoms with Gasteiger partial charge >= 0.3 is 6.03 Å². The van der Waals surface area contributed by atoms with Crippen molar-refractivity contribution in [3.63, 3.8) is 0 Å². The summed E-state index contributed by atoms with van der Waals surface area (Å²) in [4.78, 5) is 15.4. The molecule has 0 rings (SSSR count). The van der Waals surface area contributed by atoms with Crippen LogP contribution in [-0.2, 0) is 4.84 Å². The summed E-state index contributed by atoms with van der Waals surface area (Å²) in [7, 11) is 2.93. The van der Waals surface area contributed by atoms with Crippen molar-refractivity contribution in [2.24, 2.45) is 0 Å². The first-order chi connectivity index (χ1) is 4.72. The van der Waals surface area contributed by atoms with E-state index in [9.17, 15) is 4.79 Å². The van der Waals surface area contributed by atoms with Gasteiger partial charge in [0.05, 0.1) is 7.11 Å². The Kier molecular flexibility index (Phi) is 5.06. The SMILES string of the molecule is CON(C)C(=O)NCCCl. The van der Waals surface area contributed by atoms with E-state index in [2.05, 4.69) is 10.2 Å². The van der Waals surface area contributed by atoms with Crippen molar-refractivity contribution in [1.82, 2.24) is 10.4 Å². The van der Waals surface area contributed by atoms with Crippen molar-refractivity contribution >= 4 is 17.6 Å². The van der Waals surface area contributed by atoms with E-state index in [-0.39, 0.29) is 6.03 Å². The standard InChI is InChI=1S/C5H11ClN2O2/c1-8(10-2)5(9)7-4-3-6/h3-4H2,1-2H3,(H,7,9). The number of carbonyl (C=O) groups excluding carboxylic acids is 1. The van der Waals surface area contributed by atoms with Crippen LogP contribution in [0.15, 0.2) is 0 Å². The molecular formula is C5H11ClN2O2. The molecule has 0 heterocycles. The predicted octanol–water partition coefficient (Wildman–Crippen LogP) is 0.428. The van der Waals surface area contributed by atoms with E-state index in [1.54, 1.807) is 0 Å². The van der Waals surface area contributed by atoms with Gasteiger partial charge in [0.15, 0.2) is 0 Å². The molecule has 0 aromatic carbocycles. The van der Waals surface area contributed by atoms with Crippen LogP contribution in [0.25, 0.3) is 0 Å². The molecule has 60 valence electrons. The number of amides is 2. The van der Waals surface area contributed by atoms with Crippen LogP contribution in [0, 0.1) is 0 Å². The van der Waals surface area contributed by atoms with Crippen molar-refractivity contribution in [2.75, 3.05) is 26.6 Å². The Morgan fingerprint density at radius 2 is 2.40 bits per heavy atom. The highest BCUT2D eigenvalue weighted by Crippen LogP contribution is 1.82. The molecule has 0 saturated heterocycles. The fourth-order valence-corrected chi connectivity index (χ4v) is 0.443. The van der Waals surface area contributed by atoms with Crippen LogP contribution in [0.3, 0.4) is 0 Å². The van der Waals surface area contributed by atoms with Crippen molar-refractivity contribution in [3.8, 4) is 0 Å². The van der Waals surface area contributed by atoms with Crippen LogP contribution >= 0.6 is 11.6 Å². The van der Waals surface area contributed by atoms with Crippen molar-refractivity contribution in [3.05, 3.63) is 0 Å². The highest BCUT2D eigenvalue weighted by atomic mass is 35.5. The Labute approximate surface area is 65.0 Å². The molecule has 10 heavy (non-hydrogen) atoms. The number of urea groups is 1. The Morgan fingerprint density at radius 3 is 2.80 bits per heavy atom. The van der Waals surface area contributed by atoms with Gasteiger partial charge in [-0.05, 0) is 0 Å².